The summed E-state index contributed by atoms with van der Waals surface area (Å²) in [5.74, 6) is 0.473. The van der Waals surface area contributed by atoms with Gasteiger partial charge < -0.3 is 10.1 Å². The van der Waals surface area contributed by atoms with Crippen LogP contribution in [0.5, 0.6) is 0 Å². The third-order valence-electron chi connectivity index (χ3n) is 4.05. The number of nitrogens with one attached hydrogen (secondary N) is 1. The Hall–Kier alpha value is -1.26. The van der Waals surface area contributed by atoms with E-state index in [1.165, 1.54) is 5.56 Å². The zero-order valence-electron chi connectivity index (χ0n) is 14.4. The predicted molar refractivity (Wildman–Crippen MR) is 94.0 cm³/mol. The first-order valence-electron chi connectivity index (χ1n) is 8.07. The number of amides is 1. The zero-order chi connectivity index (χ0) is 17.1. The molecule has 1 fully saturated rings. The van der Waals surface area contributed by atoms with Crippen molar-refractivity contribution in [2.75, 3.05) is 19.0 Å². The van der Waals surface area contributed by atoms with Gasteiger partial charge in [0.15, 0.2) is 0 Å². The Labute approximate surface area is 144 Å². The maximum atomic E-state index is 12.7. The lowest BCUT2D eigenvalue weighted by Crippen LogP contribution is -2.66. The Kier molecular flexibility index (Phi) is 5.58. The number of carbonyl (C=O) groups excluding carboxylic acids is 1. The number of carbonyl (C=O) groups is 1. The highest BCUT2D eigenvalue weighted by Gasteiger charge is 2.42. The highest BCUT2D eigenvalue weighted by molar-refractivity contribution is 6.18. The van der Waals surface area contributed by atoms with Gasteiger partial charge in [-0.25, -0.2) is 4.79 Å². The van der Waals surface area contributed by atoms with Gasteiger partial charge in [-0.3, -0.25) is 4.90 Å². The summed E-state index contributed by atoms with van der Waals surface area (Å²) < 4.78 is 5.62. The standard InChI is InChI=1S/C18H27ClN2O2/c1-17(2,3)23-16(22)21-12-15(11-19)20-13-18(21,4)10-14-8-6-5-7-9-14/h5-9,15,20H,10-13H2,1-4H3. The lowest BCUT2D eigenvalue weighted by atomic mass is 9.88. The Bertz CT molecular complexity index is 530. The van der Waals surface area contributed by atoms with E-state index in [0.717, 1.165) is 6.42 Å². The van der Waals surface area contributed by atoms with Crippen LogP contribution in [-0.2, 0) is 11.2 Å². The fraction of sp³-hybridized carbons (Fsp3) is 0.611. The topological polar surface area (TPSA) is 41.6 Å². The molecule has 1 aromatic carbocycles. The largest absolute Gasteiger partial charge is 0.444 e. The van der Waals surface area contributed by atoms with E-state index in [4.69, 9.17) is 16.3 Å². The maximum absolute atomic E-state index is 12.7. The first-order valence-corrected chi connectivity index (χ1v) is 8.61. The van der Waals surface area contributed by atoms with Gasteiger partial charge in [-0.05, 0) is 39.7 Å². The number of piperazine rings is 1. The van der Waals surface area contributed by atoms with Crippen molar-refractivity contribution in [2.45, 2.75) is 51.3 Å². The highest BCUT2D eigenvalue weighted by atomic mass is 35.5. The molecule has 0 saturated carbocycles. The van der Waals surface area contributed by atoms with Crippen LogP contribution in [0.3, 0.4) is 0 Å². The first-order chi connectivity index (χ1) is 10.7. The van der Waals surface area contributed by atoms with E-state index in [-0.39, 0.29) is 17.7 Å². The molecule has 0 aromatic heterocycles. The molecule has 1 aliphatic rings. The molecule has 0 radical (unpaired) electrons. The van der Waals surface area contributed by atoms with E-state index >= 15 is 0 Å². The van der Waals surface area contributed by atoms with Crippen molar-refractivity contribution >= 4 is 17.7 Å². The lowest BCUT2D eigenvalue weighted by Gasteiger charge is -2.47. The second-order valence-electron chi connectivity index (χ2n) is 7.48. The van der Waals surface area contributed by atoms with Crippen LogP contribution < -0.4 is 5.32 Å². The van der Waals surface area contributed by atoms with E-state index in [9.17, 15) is 4.79 Å². The second-order valence-corrected chi connectivity index (χ2v) is 7.79. The summed E-state index contributed by atoms with van der Waals surface area (Å²) >= 11 is 6.00. The Morgan fingerprint density at radius 2 is 2.04 bits per heavy atom. The van der Waals surface area contributed by atoms with E-state index < -0.39 is 5.60 Å². The van der Waals surface area contributed by atoms with Crippen molar-refractivity contribution in [2.24, 2.45) is 0 Å². The van der Waals surface area contributed by atoms with E-state index in [1.54, 1.807) is 0 Å². The molecule has 5 heteroatoms. The molecule has 0 spiro atoms. The summed E-state index contributed by atoms with van der Waals surface area (Å²) in [5.41, 5.74) is 0.355. The summed E-state index contributed by atoms with van der Waals surface area (Å²) in [6, 6.07) is 10.3. The Morgan fingerprint density at radius 3 is 2.61 bits per heavy atom. The van der Waals surface area contributed by atoms with Crippen LogP contribution in [0.25, 0.3) is 0 Å². The van der Waals surface area contributed by atoms with Crippen molar-refractivity contribution in [3.05, 3.63) is 35.9 Å². The third kappa shape index (κ3) is 4.85. The minimum absolute atomic E-state index is 0.0908. The second kappa shape index (κ2) is 7.10. The summed E-state index contributed by atoms with van der Waals surface area (Å²) in [6.07, 6.45) is 0.502. The van der Waals surface area contributed by atoms with E-state index in [2.05, 4.69) is 24.4 Å². The van der Waals surface area contributed by atoms with Crippen molar-refractivity contribution in [1.29, 1.82) is 0 Å². The fourth-order valence-corrected chi connectivity index (χ4v) is 3.08. The van der Waals surface area contributed by atoms with Gasteiger partial charge in [0, 0.05) is 25.0 Å². The van der Waals surface area contributed by atoms with Crippen LogP contribution in [0.4, 0.5) is 4.79 Å². The number of rotatable bonds is 3. The zero-order valence-corrected chi connectivity index (χ0v) is 15.2. The predicted octanol–water partition coefficient (Wildman–Crippen LogP) is 3.44. The van der Waals surface area contributed by atoms with Crippen LogP contribution in [-0.4, -0.2) is 47.1 Å². The molecule has 1 saturated heterocycles. The number of nitrogens with zero attached hydrogens (tertiary/aromatic N) is 1. The summed E-state index contributed by atoms with van der Waals surface area (Å²) in [7, 11) is 0. The molecule has 1 heterocycles. The van der Waals surface area contributed by atoms with Gasteiger partial charge in [0.25, 0.3) is 0 Å². The molecule has 1 amide bonds. The van der Waals surface area contributed by atoms with Gasteiger partial charge in [0.2, 0.25) is 0 Å². The molecule has 0 bridgehead atoms. The van der Waals surface area contributed by atoms with Crippen LogP contribution >= 0.6 is 11.6 Å². The molecule has 2 atom stereocenters. The maximum Gasteiger partial charge on any atom is 0.410 e. The van der Waals surface area contributed by atoms with Crippen LogP contribution in [0, 0.1) is 0 Å². The molecule has 1 aromatic rings. The van der Waals surface area contributed by atoms with Crippen molar-refractivity contribution in [3.8, 4) is 0 Å². The molecule has 128 valence electrons. The monoisotopic (exact) mass is 338 g/mol. The van der Waals surface area contributed by atoms with Crippen molar-refractivity contribution in [1.82, 2.24) is 10.2 Å². The Morgan fingerprint density at radius 1 is 1.39 bits per heavy atom. The first kappa shape index (κ1) is 18.1. The van der Waals surface area contributed by atoms with Gasteiger partial charge in [-0.15, -0.1) is 11.6 Å². The number of halogens is 1. The molecule has 1 aliphatic heterocycles. The molecular formula is C18H27ClN2O2. The number of hydrogen-bond donors (Lipinski definition) is 1. The average molecular weight is 339 g/mol. The summed E-state index contributed by atoms with van der Waals surface area (Å²) in [4.78, 5) is 14.6. The van der Waals surface area contributed by atoms with Crippen LogP contribution in [0.2, 0.25) is 0 Å². The van der Waals surface area contributed by atoms with Crippen LogP contribution in [0.15, 0.2) is 30.3 Å². The smallest absolute Gasteiger partial charge is 0.410 e. The number of hydrogen-bond acceptors (Lipinski definition) is 3. The lowest BCUT2D eigenvalue weighted by molar-refractivity contribution is -0.0122. The van der Waals surface area contributed by atoms with Gasteiger partial charge >= 0.3 is 6.09 Å². The van der Waals surface area contributed by atoms with E-state index in [1.807, 2.05) is 43.9 Å². The molecule has 23 heavy (non-hydrogen) atoms. The Balaban J connectivity index is 2.21. The van der Waals surface area contributed by atoms with E-state index in [0.29, 0.717) is 19.0 Å². The molecular weight excluding hydrogens is 312 g/mol. The van der Waals surface area contributed by atoms with Crippen molar-refractivity contribution < 1.29 is 9.53 Å². The van der Waals surface area contributed by atoms with Crippen molar-refractivity contribution in [3.63, 3.8) is 0 Å². The molecule has 4 nitrogen and oxygen atoms in total. The average Bonchev–Trinajstić information content (AvgIpc) is 2.46. The molecule has 0 aliphatic carbocycles. The van der Waals surface area contributed by atoms with Crippen LogP contribution in [0.1, 0.15) is 33.3 Å². The summed E-state index contributed by atoms with van der Waals surface area (Å²) in [5, 5.41) is 3.45. The summed E-state index contributed by atoms with van der Waals surface area (Å²) in [6.45, 7) is 9.02. The van der Waals surface area contributed by atoms with Gasteiger partial charge in [-0.2, -0.15) is 0 Å². The highest BCUT2D eigenvalue weighted by Crippen LogP contribution is 2.26. The number of ether oxygens (including phenoxy) is 1. The number of alkyl halides is 1. The number of benzene rings is 1. The minimum atomic E-state index is -0.508. The molecule has 2 unspecified atom stereocenters. The quantitative estimate of drug-likeness (QED) is 0.858. The SMILES string of the molecule is CC(C)(C)OC(=O)N1CC(CCl)NCC1(C)Cc1ccccc1. The van der Waals surface area contributed by atoms with Gasteiger partial charge in [0.05, 0.1) is 5.54 Å². The fourth-order valence-electron chi connectivity index (χ4n) is 2.87. The minimum Gasteiger partial charge on any atom is -0.444 e. The van der Waals surface area contributed by atoms with Gasteiger partial charge in [0.1, 0.15) is 5.60 Å². The third-order valence-corrected chi connectivity index (χ3v) is 4.43. The van der Waals surface area contributed by atoms with Gasteiger partial charge in [-0.1, -0.05) is 30.3 Å². The molecule has 2 rings (SSSR count). The molecule has 1 N–H and O–H groups in total. The normalized spacial score (nSPS) is 25.3.